The average Bonchev–Trinajstić information content (AvgIpc) is 2.50. The number of anilines is 1. The monoisotopic (exact) mass is 302 g/mol. The van der Waals surface area contributed by atoms with Gasteiger partial charge in [0.2, 0.25) is 11.8 Å². The Bertz CT molecular complexity index is 464. The zero-order valence-electron chi connectivity index (χ0n) is 8.09. The highest BCUT2D eigenvalue weighted by molar-refractivity contribution is 9.10. The minimum Gasteiger partial charge on any atom is -0.372 e. The van der Waals surface area contributed by atoms with Gasteiger partial charge in [0.1, 0.15) is 6.04 Å². The Hall–Kier alpha value is -1.07. The molecule has 2 amide bonds. The molecule has 0 radical (unpaired) electrons. The van der Waals surface area contributed by atoms with E-state index >= 15 is 0 Å². The highest BCUT2D eigenvalue weighted by Crippen LogP contribution is 2.27. The van der Waals surface area contributed by atoms with Gasteiger partial charge in [-0.05, 0) is 34.1 Å². The van der Waals surface area contributed by atoms with E-state index in [-0.39, 0.29) is 18.2 Å². The van der Waals surface area contributed by atoms with Crippen molar-refractivity contribution in [2.75, 3.05) is 5.32 Å². The fraction of sp³-hybridized carbons (Fsp3) is 0.200. The van der Waals surface area contributed by atoms with Crippen molar-refractivity contribution in [2.45, 2.75) is 12.5 Å². The van der Waals surface area contributed by atoms with Crippen molar-refractivity contribution in [3.05, 3.63) is 27.7 Å². The average molecular weight is 304 g/mol. The lowest BCUT2D eigenvalue weighted by Gasteiger charge is -2.12. The van der Waals surface area contributed by atoms with Crippen LogP contribution in [-0.4, -0.2) is 17.9 Å². The van der Waals surface area contributed by atoms with Gasteiger partial charge in [-0.15, -0.1) is 0 Å². The van der Waals surface area contributed by atoms with Crippen molar-refractivity contribution < 1.29 is 9.59 Å². The molecule has 0 saturated carbocycles. The van der Waals surface area contributed by atoms with Crippen LogP contribution in [0.2, 0.25) is 5.02 Å². The second-order valence-electron chi connectivity index (χ2n) is 3.44. The van der Waals surface area contributed by atoms with Crippen molar-refractivity contribution in [1.82, 2.24) is 5.32 Å². The van der Waals surface area contributed by atoms with E-state index < -0.39 is 6.04 Å². The van der Waals surface area contributed by atoms with Gasteiger partial charge in [-0.2, -0.15) is 0 Å². The molecule has 1 fully saturated rings. The van der Waals surface area contributed by atoms with Gasteiger partial charge in [0, 0.05) is 15.2 Å². The van der Waals surface area contributed by atoms with E-state index in [9.17, 15) is 9.59 Å². The van der Waals surface area contributed by atoms with Gasteiger partial charge in [-0.3, -0.25) is 14.9 Å². The molecule has 0 spiro atoms. The van der Waals surface area contributed by atoms with Gasteiger partial charge in [0.05, 0.1) is 6.42 Å². The zero-order valence-corrected chi connectivity index (χ0v) is 10.4. The van der Waals surface area contributed by atoms with Crippen LogP contribution < -0.4 is 10.6 Å². The maximum Gasteiger partial charge on any atom is 0.249 e. The molecular formula is C10H8BrClN2O2. The summed E-state index contributed by atoms with van der Waals surface area (Å²) in [4.78, 5) is 22.3. The van der Waals surface area contributed by atoms with Crippen LogP contribution in [-0.2, 0) is 9.59 Å². The molecule has 2 rings (SSSR count). The smallest absolute Gasteiger partial charge is 0.249 e. The molecule has 1 aromatic carbocycles. The third-order valence-electron chi connectivity index (χ3n) is 2.23. The molecule has 1 aliphatic heterocycles. The lowest BCUT2D eigenvalue weighted by atomic mass is 10.2. The number of hydrogen-bond acceptors (Lipinski definition) is 3. The predicted octanol–water partition coefficient (Wildman–Crippen LogP) is 1.93. The van der Waals surface area contributed by atoms with E-state index in [2.05, 4.69) is 26.6 Å². The largest absolute Gasteiger partial charge is 0.372 e. The van der Waals surface area contributed by atoms with Crippen molar-refractivity contribution in [2.24, 2.45) is 0 Å². The van der Waals surface area contributed by atoms with Crippen LogP contribution in [0.3, 0.4) is 0 Å². The summed E-state index contributed by atoms with van der Waals surface area (Å²) in [6.45, 7) is 0. The Morgan fingerprint density at radius 3 is 2.75 bits per heavy atom. The van der Waals surface area contributed by atoms with E-state index in [0.717, 1.165) is 10.2 Å². The number of carbonyl (C=O) groups is 2. The third kappa shape index (κ3) is 2.36. The molecule has 0 aromatic heterocycles. The molecule has 4 nitrogen and oxygen atoms in total. The minimum atomic E-state index is -0.509. The van der Waals surface area contributed by atoms with Gasteiger partial charge in [-0.1, -0.05) is 11.6 Å². The molecular weight excluding hydrogens is 295 g/mol. The number of benzene rings is 1. The highest BCUT2D eigenvalue weighted by atomic mass is 79.9. The number of carbonyl (C=O) groups excluding carboxylic acids is 2. The molecule has 0 aliphatic carbocycles. The summed E-state index contributed by atoms with van der Waals surface area (Å²) < 4.78 is 0.757. The Morgan fingerprint density at radius 1 is 1.44 bits per heavy atom. The maximum absolute atomic E-state index is 11.3. The van der Waals surface area contributed by atoms with Crippen LogP contribution in [0.4, 0.5) is 5.69 Å². The van der Waals surface area contributed by atoms with E-state index in [1.54, 1.807) is 18.2 Å². The molecule has 0 bridgehead atoms. The summed E-state index contributed by atoms with van der Waals surface area (Å²) in [5.41, 5.74) is 0.735. The first-order valence-electron chi connectivity index (χ1n) is 4.61. The number of hydrogen-bond donors (Lipinski definition) is 2. The standard InChI is InChI=1S/C10H8BrClN2O2/c11-6-3-5(12)1-2-7(6)13-8-4-9(15)14-10(8)16/h1-3,8,13H,4H2,(H,14,15,16). The van der Waals surface area contributed by atoms with E-state index in [4.69, 9.17) is 11.6 Å². The molecule has 2 N–H and O–H groups in total. The Balaban J connectivity index is 2.15. The molecule has 1 aliphatic rings. The lowest BCUT2D eigenvalue weighted by molar-refractivity contribution is -0.124. The Labute approximate surface area is 105 Å². The molecule has 1 heterocycles. The van der Waals surface area contributed by atoms with Gasteiger partial charge < -0.3 is 5.32 Å². The number of halogens is 2. The Morgan fingerprint density at radius 2 is 2.19 bits per heavy atom. The summed E-state index contributed by atoms with van der Waals surface area (Å²) in [6.07, 6.45) is 0.161. The number of imide groups is 1. The SMILES string of the molecule is O=C1CC(Nc2ccc(Cl)cc2Br)C(=O)N1. The molecule has 1 atom stereocenters. The van der Waals surface area contributed by atoms with Gasteiger partial charge in [-0.25, -0.2) is 0 Å². The quantitative estimate of drug-likeness (QED) is 0.821. The molecule has 1 unspecified atom stereocenters. The van der Waals surface area contributed by atoms with Gasteiger partial charge >= 0.3 is 0 Å². The van der Waals surface area contributed by atoms with Gasteiger partial charge in [0.15, 0.2) is 0 Å². The highest BCUT2D eigenvalue weighted by Gasteiger charge is 2.30. The maximum atomic E-state index is 11.3. The van der Waals surface area contributed by atoms with E-state index in [1.165, 1.54) is 0 Å². The topological polar surface area (TPSA) is 58.2 Å². The lowest BCUT2D eigenvalue weighted by Crippen LogP contribution is -2.30. The fourth-order valence-corrected chi connectivity index (χ4v) is 2.26. The summed E-state index contributed by atoms with van der Waals surface area (Å²) >= 11 is 9.12. The predicted molar refractivity (Wildman–Crippen MR) is 64.3 cm³/mol. The van der Waals surface area contributed by atoms with Crippen LogP contribution in [0.15, 0.2) is 22.7 Å². The molecule has 16 heavy (non-hydrogen) atoms. The van der Waals surface area contributed by atoms with Crippen LogP contribution in [0.25, 0.3) is 0 Å². The van der Waals surface area contributed by atoms with E-state index in [1.807, 2.05) is 0 Å². The molecule has 1 saturated heterocycles. The second kappa shape index (κ2) is 4.43. The molecule has 84 valence electrons. The van der Waals surface area contributed by atoms with Gasteiger partial charge in [0.25, 0.3) is 0 Å². The van der Waals surface area contributed by atoms with Crippen LogP contribution in [0.1, 0.15) is 6.42 Å². The first kappa shape index (κ1) is 11.4. The number of amides is 2. The summed E-state index contributed by atoms with van der Waals surface area (Å²) in [5.74, 6) is -0.556. The summed E-state index contributed by atoms with van der Waals surface area (Å²) in [7, 11) is 0. The van der Waals surface area contributed by atoms with Crippen LogP contribution >= 0.6 is 27.5 Å². The molecule has 1 aromatic rings. The number of nitrogens with one attached hydrogen (secondary N) is 2. The van der Waals surface area contributed by atoms with E-state index in [0.29, 0.717) is 5.02 Å². The minimum absolute atomic E-state index is 0.161. The first-order valence-corrected chi connectivity index (χ1v) is 5.78. The number of rotatable bonds is 2. The zero-order chi connectivity index (χ0) is 11.7. The summed E-state index contributed by atoms with van der Waals surface area (Å²) in [6, 6.07) is 4.68. The van der Waals surface area contributed by atoms with Crippen LogP contribution in [0.5, 0.6) is 0 Å². The fourth-order valence-electron chi connectivity index (χ4n) is 1.46. The van der Waals surface area contributed by atoms with Crippen molar-refractivity contribution >= 4 is 45.0 Å². The first-order chi connectivity index (χ1) is 7.56. The second-order valence-corrected chi connectivity index (χ2v) is 4.73. The summed E-state index contributed by atoms with van der Waals surface area (Å²) in [5, 5.41) is 5.82. The third-order valence-corrected chi connectivity index (χ3v) is 3.12. The van der Waals surface area contributed by atoms with Crippen LogP contribution in [0, 0.1) is 0 Å². The van der Waals surface area contributed by atoms with Crippen molar-refractivity contribution in [1.29, 1.82) is 0 Å². The van der Waals surface area contributed by atoms with Crippen molar-refractivity contribution in [3.63, 3.8) is 0 Å². The normalized spacial score (nSPS) is 19.8. The van der Waals surface area contributed by atoms with Crippen molar-refractivity contribution in [3.8, 4) is 0 Å². The molecule has 6 heteroatoms. The Kier molecular flexibility index (Phi) is 3.16.